The second-order valence-electron chi connectivity index (χ2n) is 7.77. The second kappa shape index (κ2) is 8.16. The number of rotatable bonds is 5. The number of hydrogen-bond donors (Lipinski definition) is 1. The molecule has 3 aromatic rings. The van der Waals surface area contributed by atoms with Crippen molar-refractivity contribution >= 4 is 21.5 Å². The molecule has 2 heterocycles. The molecular formula is C23H26N4O2S. The largest absolute Gasteiger partial charge is 0.339 e. The maximum Gasteiger partial charge on any atom is 0.243 e. The van der Waals surface area contributed by atoms with Gasteiger partial charge in [0.2, 0.25) is 10.0 Å². The molecule has 0 spiro atoms. The lowest BCUT2D eigenvalue weighted by molar-refractivity contribution is 0.477. The summed E-state index contributed by atoms with van der Waals surface area (Å²) in [5, 5.41) is 11.9. The van der Waals surface area contributed by atoms with E-state index in [1.165, 1.54) is 11.1 Å². The van der Waals surface area contributed by atoms with Gasteiger partial charge in [0.1, 0.15) is 0 Å². The van der Waals surface area contributed by atoms with Gasteiger partial charge in [-0.05, 0) is 74.6 Å². The zero-order chi connectivity index (χ0) is 21.3. The molecule has 156 valence electrons. The molecule has 1 N–H and O–H groups in total. The second-order valence-corrected chi connectivity index (χ2v) is 9.67. The highest BCUT2D eigenvalue weighted by Gasteiger charge is 2.28. The molecule has 1 fully saturated rings. The van der Waals surface area contributed by atoms with Crippen molar-refractivity contribution in [2.45, 2.75) is 38.5 Å². The van der Waals surface area contributed by atoms with Gasteiger partial charge in [-0.2, -0.15) is 4.31 Å². The van der Waals surface area contributed by atoms with Crippen molar-refractivity contribution in [3.63, 3.8) is 0 Å². The van der Waals surface area contributed by atoms with Crippen LogP contribution in [0.1, 0.15) is 29.5 Å². The topological polar surface area (TPSA) is 75.2 Å². The summed E-state index contributed by atoms with van der Waals surface area (Å²) >= 11 is 0. The zero-order valence-electron chi connectivity index (χ0n) is 17.5. The van der Waals surface area contributed by atoms with E-state index in [4.69, 9.17) is 0 Å². The lowest BCUT2D eigenvalue weighted by Gasteiger charge is -2.18. The summed E-state index contributed by atoms with van der Waals surface area (Å²) < 4.78 is 27.6. The van der Waals surface area contributed by atoms with Gasteiger partial charge in [-0.25, -0.2) is 8.42 Å². The molecule has 0 aliphatic carbocycles. The monoisotopic (exact) mass is 422 g/mol. The van der Waals surface area contributed by atoms with Crippen molar-refractivity contribution in [3.05, 3.63) is 65.2 Å². The zero-order valence-corrected chi connectivity index (χ0v) is 18.3. The van der Waals surface area contributed by atoms with Gasteiger partial charge in [0, 0.05) is 24.3 Å². The molecule has 0 atom stereocenters. The van der Waals surface area contributed by atoms with Crippen LogP contribution in [0.5, 0.6) is 0 Å². The molecule has 1 aliphatic heterocycles. The van der Waals surface area contributed by atoms with E-state index in [9.17, 15) is 8.42 Å². The SMILES string of the molecule is Cc1ccc(-c2ccc(Nc3cccc(C)c3C)nn2)cc1S(=O)(=O)N1CCCC1. The molecule has 4 rings (SSSR count). The van der Waals surface area contributed by atoms with Crippen molar-refractivity contribution in [2.24, 2.45) is 0 Å². The minimum atomic E-state index is -3.48. The fourth-order valence-corrected chi connectivity index (χ4v) is 5.45. The molecule has 2 aromatic carbocycles. The Morgan fingerprint density at radius 1 is 0.900 bits per heavy atom. The number of aryl methyl sites for hydroxylation is 2. The minimum Gasteiger partial charge on any atom is -0.339 e. The van der Waals surface area contributed by atoms with Crippen LogP contribution in [0.25, 0.3) is 11.3 Å². The molecule has 0 bridgehead atoms. The molecule has 0 unspecified atom stereocenters. The highest BCUT2D eigenvalue weighted by atomic mass is 32.2. The fraction of sp³-hybridized carbons (Fsp3) is 0.304. The molecule has 0 amide bonds. The van der Waals surface area contributed by atoms with Crippen LogP contribution in [-0.4, -0.2) is 36.0 Å². The normalized spacial score (nSPS) is 14.8. The molecule has 30 heavy (non-hydrogen) atoms. The van der Waals surface area contributed by atoms with Gasteiger partial charge >= 0.3 is 0 Å². The Labute approximate surface area is 178 Å². The highest BCUT2D eigenvalue weighted by molar-refractivity contribution is 7.89. The lowest BCUT2D eigenvalue weighted by atomic mass is 10.1. The number of nitrogens with one attached hydrogen (secondary N) is 1. The molecule has 0 radical (unpaired) electrons. The Hall–Kier alpha value is -2.77. The third-order valence-electron chi connectivity index (χ3n) is 5.70. The first-order chi connectivity index (χ1) is 14.4. The van der Waals surface area contributed by atoms with E-state index < -0.39 is 10.0 Å². The van der Waals surface area contributed by atoms with Gasteiger partial charge in [-0.3, -0.25) is 0 Å². The quantitative estimate of drug-likeness (QED) is 0.650. The summed E-state index contributed by atoms with van der Waals surface area (Å²) in [6, 6.07) is 15.2. The van der Waals surface area contributed by atoms with E-state index >= 15 is 0 Å². The van der Waals surface area contributed by atoms with Crippen LogP contribution in [0.2, 0.25) is 0 Å². The number of hydrogen-bond acceptors (Lipinski definition) is 5. The van der Waals surface area contributed by atoms with E-state index in [1.54, 1.807) is 10.4 Å². The molecule has 0 saturated carbocycles. The van der Waals surface area contributed by atoms with Gasteiger partial charge in [0.05, 0.1) is 10.6 Å². The summed E-state index contributed by atoms with van der Waals surface area (Å²) in [6.07, 6.45) is 1.83. The standard InChI is InChI=1S/C23H26N4O2S/c1-16-7-6-8-20(18(16)3)24-23-12-11-21(25-26-23)19-10-9-17(2)22(15-19)30(28,29)27-13-4-5-14-27/h6-12,15H,4-5,13-14H2,1-3H3,(H,24,26). The third-order valence-corrected chi connectivity index (χ3v) is 7.74. The summed E-state index contributed by atoms with van der Waals surface area (Å²) in [4.78, 5) is 0.348. The van der Waals surface area contributed by atoms with Crippen LogP contribution >= 0.6 is 0 Å². The summed E-state index contributed by atoms with van der Waals surface area (Å²) in [5.41, 5.74) is 5.48. The summed E-state index contributed by atoms with van der Waals surface area (Å²) in [7, 11) is -3.48. The first-order valence-electron chi connectivity index (χ1n) is 10.1. The van der Waals surface area contributed by atoms with Crippen LogP contribution in [0.4, 0.5) is 11.5 Å². The van der Waals surface area contributed by atoms with E-state index in [0.717, 1.165) is 29.7 Å². The van der Waals surface area contributed by atoms with Gasteiger partial charge in [0.15, 0.2) is 5.82 Å². The van der Waals surface area contributed by atoms with Crippen molar-refractivity contribution in [1.82, 2.24) is 14.5 Å². The van der Waals surface area contributed by atoms with Crippen molar-refractivity contribution < 1.29 is 8.42 Å². The number of anilines is 2. The van der Waals surface area contributed by atoms with Crippen LogP contribution in [0.3, 0.4) is 0 Å². The Kier molecular flexibility index (Phi) is 5.58. The molecule has 6 nitrogen and oxygen atoms in total. The van der Waals surface area contributed by atoms with Crippen molar-refractivity contribution in [3.8, 4) is 11.3 Å². The average molecular weight is 423 g/mol. The van der Waals surface area contributed by atoms with E-state index in [0.29, 0.717) is 29.5 Å². The smallest absolute Gasteiger partial charge is 0.243 e. The molecule has 1 aliphatic rings. The Balaban J connectivity index is 1.61. The Morgan fingerprint density at radius 3 is 2.37 bits per heavy atom. The van der Waals surface area contributed by atoms with Crippen molar-refractivity contribution in [1.29, 1.82) is 0 Å². The van der Waals surface area contributed by atoms with E-state index in [-0.39, 0.29) is 0 Å². The Bertz CT molecular complexity index is 1170. The van der Waals surface area contributed by atoms with Gasteiger partial charge < -0.3 is 5.32 Å². The van der Waals surface area contributed by atoms with Gasteiger partial charge in [-0.1, -0.05) is 24.3 Å². The molecular weight excluding hydrogens is 396 g/mol. The predicted octanol–water partition coefficient (Wildman–Crippen LogP) is 4.60. The third kappa shape index (κ3) is 3.95. The highest BCUT2D eigenvalue weighted by Crippen LogP contribution is 2.28. The van der Waals surface area contributed by atoms with Crippen LogP contribution in [-0.2, 0) is 10.0 Å². The summed E-state index contributed by atoms with van der Waals surface area (Å²) in [5.74, 6) is 0.643. The number of benzene rings is 2. The van der Waals surface area contributed by atoms with Crippen LogP contribution in [0.15, 0.2) is 53.4 Å². The fourth-order valence-electron chi connectivity index (χ4n) is 3.68. The molecule has 7 heteroatoms. The van der Waals surface area contributed by atoms with Crippen molar-refractivity contribution in [2.75, 3.05) is 18.4 Å². The average Bonchev–Trinajstić information content (AvgIpc) is 3.28. The lowest BCUT2D eigenvalue weighted by Crippen LogP contribution is -2.28. The number of aromatic nitrogens is 2. The van der Waals surface area contributed by atoms with Gasteiger partial charge in [-0.15, -0.1) is 10.2 Å². The maximum atomic E-state index is 13.0. The van der Waals surface area contributed by atoms with E-state index in [1.807, 2.05) is 43.3 Å². The van der Waals surface area contributed by atoms with E-state index in [2.05, 4.69) is 35.4 Å². The molecule has 1 saturated heterocycles. The first-order valence-corrected chi connectivity index (χ1v) is 11.6. The predicted molar refractivity (Wildman–Crippen MR) is 119 cm³/mol. The maximum absolute atomic E-state index is 13.0. The number of nitrogens with zero attached hydrogens (tertiary/aromatic N) is 3. The molecule has 1 aromatic heterocycles. The Morgan fingerprint density at radius 2 is 1.67 bits per heavy atom. The van der Waals surface area contributed by atoms with Crippen LogP contribution in [0, 0.1) is 20.8 Å². The summed E-state index contributed by atoms with van der Waals surface area (Å²) in [6.45, 7) is 7.14. The van der Waals surface area contributed by atoms with Crippen LogP contribution < -0.4 is 5.32 Å². The first kappa shape index (κ1) is 20.5. The number of sulfonamides is 1. The van der Waals surface area contributed by atoms with Gasteiger partial charge in [0.25, 0.3) is 0 Å². The minimum absolute atomic E-state index is 0.348.